The Morgan fingerprint density at radius 1 is 1.40 bits per heavy atom. The third-order valence-electron chi connectivity index (χ3n) is 5.92. The fourth-order valence-electron chi connectivity index (χ4n) is 4.32. The van der Waals surface area contributed by atoms with Gasteiger partial charge in [-0.05, 0) is 33.2 Å². The van der Waals surface area contributed by atoms with Crippen LogP contribution in [0.3, 0.4) is 0 Å². The number of oxime groups is 1. The number of piperidine rings is 1. The summed E-state index contributed by atoms with van der Waals surface area (Å²) in [7, 11) is 0. The van der Waals surface area contributed by atoms with Crippen molar-refractivity contribution in [3.05, 3.63) is 18.0 Å². The molecule has 1 aromatic rings. The number of nitrogens with zero attached hydrogens (tertiary/aromatic N) is 5. The zero-order valence-corrected chi connectivity index (χ0v) is 17.8. The van der Waals surface area contributed by atoms with E-state index in [0.29, 0.717) is 44.4 Å². The maximum absolute atomic E-state index is 12.5. The quantitative estimate of drug-likeness (QED) is 0.680. The van der Waals surface area contributed by atoms with Crippen LogP contribution in [-0.4, -0.2) is 82.1 Å². The van der Waals surface area contributed by atoms with Gasteiger partial charge in [-0.1, -0.05) is 5.16 Å². The van der Waals surface area contributed by atoms with Crippen molar-refractivity contribution in [2.24, 2.45) is 5.16 Å². The molecule has 0 unspecified atom stereocenters. The molecule has 0 radical (unpaired) electrons. The summed E-state index contributed by atoms with van der Waals surface area (Å²) in [5.41, 5.74) is 1.20. The minimum Gasteiger partial charge on any atom is -0.387 e. The average Bonchev–Trinajstić information content (AvgIpc) is 3.43. The zero-order valence-electron chi connectivity index (χ0n) is 17.8. The minimum absolute atomic E-state index is 0.0778. The lowest BCUT2D eigenvalue weighted by atomic mass is 9.88. The van der Waals surface area contributed by atoms with Crippen LogP contribution in [0.5, 0.6) is 0 Å². The van der Waals surface area contributed by atoms with Gasteiger partial charge < -0.3 is 20.4 Å². The van der Waals surface area contributed by atoms with E-state index in [2.05, 4.69) is 45.8 Å². The van der Waals surface area contributed by atoms with Gasteiger partial charge in [0, 0.05) is 63.5 Å². The minimum atomic E-state index is -0.423. The zero-order chi connectivity index (χ0) is 21.1. The second-order valence-corrected chi connectivity index (χ2v) is 8.70. The second-order valence-electron chi connectivity index (χ2n) is 8.70. The molecule has 0 saturated carbocycles. The van der Waals surface area contributed by atoms with E-state index >= 15 is 0 Å². The molecule has 3 amide bonds. The van der Waals surface area contributed by atoms with E-state index in [0.717, 1.165) is 32.5 Å². The summed E-state index contributed by atoms with van der Waals surface area (Å²) in [6.45, 7) is 9.02. The lowest BCUT2D eigenvalue weighted by Crippen LogP contribution is -2.48. The van der Waals surface area contributed by atoms with Gasteiger partial charge in [-0.3, -0.25) is 14.4 Å². The highest BCUT2D eigenvalue weighted by atomic mass is 16.7. The van der Waals surface area contributed by atoms with Crippen molar-refractivity contribution in [2.75, 3.05) is 39.3 Å². The van der Waals surface area contributed by atoms with E-state index in [-0.39, 0.29) is 11.9 Å². The molecule has 10 nitrogen and oxygen atoms in total. The molecule has 1 spiro atoms. The van der Waals surface area contributed by atoms with Gasteiger partial charge in [0.25, 0.3) is 5.91 Å². The number of nitrogens with one attached hydrogen (secondary N) is 2. The number of carbonyl (C=O) groups is 2. The van der Waals surface area contributed by atoms with Crippen LogP contribution in [0.1, 0.15) is 44.7 Å². The van der Waals surface area contributed by atoms with Crippen molar-refractivity contribution in [2.45, 2.75) is 51.3 Å². The van der Waals surface area contributed by atoms with E-state index in [1.165, 1.54) is 5.56 Å². The van der Waals surface area contributed by atoms with Crippen molar-refractivity contribution in [3.63, 3.8) is 0 Å². The van der Waals surface area contributed by atoms with Crippen LogP contribution < -0.4 is 10.6 Å². The largest absolute Gasteiger partial charge is 0.387 e. The first-order valence-electron chi connectivity index (χ1n) is 10.8. The first-order chi connectivity index (χ1) is 14.4. The molecule has 1 aromatic heterocycles. The van der Waals surface area contributed by atoms with E-state index in [9.17, 15) is 9.59 Å². The van der Waals surface area contributed by atoms with Gasteiger partial charge in [0.1, 0.15) is 5.71 Å². The van der Waals surface area contributed by atoms with Gasteiger partial charge in [0.2, 0.25) is 0 Å². The molecule has 10 heteroatoms. The van der Waals surface area contributed by atoms with E-state index < -0.39 is 5.60 Å². The van der Waals surface area contributed by atoms with Crippen molar-refractivity contribution < 1.29 is 14.4 Å². The predicted octanol–water partition coefficient (Wildman–Crippen LogP) is 0.716. The van der Waals surface area contributed by atoms with Crippen LogP contribution in [0.4, 0.5) is 4.79 Å². The molecule has 164 valence electrons. The highest BCUT2D eigenvalue weighted by Crippen LogP contribution is 2.34. The maximum Gasteiger partial charge on any atom is 0.317 e. The molecular formula is C20H31N7O3. The molecule has 2 saturated heterocycles. The highest BCUT2D eigenvalue weighted by Gasteiger charge is 2.44. The Hall–Kier alpha value is -2.62. The third kappa shape index (κ3) is 4.58. The smallest absolute Gasteiger partial charge is 0.317 e. The number of hydrogen-bond acceptors (Lipinski definition) is 6. The van der Waals surface area contributed by atoms with E-state index in [1.807, 2.05) is 10.9 Å². The van der Waals surface area contributed by atoms with Crippen LogP contribution in [0.25, 0.3) is 0 Å². The summed E-state index contributed by atoms with van der Waals surface area (Å²) >= 11 is 0. The number of rotatable bonds is 7. The third-order valence-corrected chi connectivity index (χ3v) is 5.92. The Morgan fingerprint density at radius 2 is 2.27 bits per heavy atom. The number of hydrogen-bond donors (Lipinski definition) is 2. The lowest BCUT2D eigenvalue weighted by Gasteiger charge is -2.38. The number of urea groups is 1. The van der Waals surface area contributed by atoms with Gasteiger partial charge >= 0.3 is 6.03 Å². The Labute approximate surface area is 176 Å². The fourth-order valence-corrected chi connectivity index (χ4v) is 4.32. The molecule has 3 aliphatic heterocycles. The van der Waals surface area contributed by atoms with Gasteiger partial charge in [0.05, 0.1) is 6.20 Å². The summed E-state index contributed by atoms with van der Waals surface area (Å²) in [5.74, 6) is -0.207. The Balaban J connectivity index is 1.26. The van der Waals surface area contributed by atoms with Crippen LogP contribution in [0, 0.1) is 0 Å². The second kappa shape index (κ2) is 8.63. The average molecular weight is 418 g/mol. The first-order valence-corrected chi connectivity index (χ1v) is 10.8. The van der Waals surface area contributed by atoms with Gasteiger partial charge in [0.15, 0.2) is 5.60 Å². The van der Waals surface area contributed by atoms with Gasteiger partial charge in [-0.25, -0.2) is 4.79 Å². The normalized spacial score (nSPS) is 24.3. The fraction of sp³-hybridized carbons (Fsp3) is 0.700. The Bertz CT molecular complexity index is 821. The number of aromatic nitrogens is 2. The van der Waals surface area contributed by atoms with Crippen LogP contribution in [-0.2, 0) is 16.2 Å². The number of amides is 3. The Kier molecular flexibility index (Phi) is 5.94. The molecule has 0 aliphatic carbocycles. The van der Waals surface area contributed by atoms with E-state index in [4.69, 9.17) is 4.84 Å². The lowest BCUT2D eigenvalue weighted by molar-refractivity contribution is -0.114. The molecule has 2 fully saturated rings. The van der Waals surface area contributed by atoms with Crippen LogP contribution in [0.2, 0.25) is 0 Å². The monoisotopic (exact) mass is 417 g/mol. The molecular weight excluding hydrogens is 386 g/mol. The van der Waals surface area contributed by atoms with E-state index in [1.54, 1.807) is 4.90 Å². The molecule has 30 heavy (non-hydrogen) atoms. The molecule has 2 N–H and O–H groups in total. The molecule has 3 aliphatic rings. The van der Waals surface area contributed by atoms with Crippen molar-refractivity contribution in [1.82, 2.24) is 30.2 Å². The highest BCUT2D eigenvalue weighted by molar-refractivity contribution is 6.39. The summed E-state index contributed by atoms with van der Waals surface area (Å²) < 4.78 is 1.97. The number of carbonyl (C=O) groups excluding carboxylic acids is 2. The van der Waals surface area contributed by atoms with Gasteiger partial charge in [-0.2, -0.15) is 5.10 Å². The molecule has 4 heterocycles. The maximum atomic E-state index is 12.5. The summed E-state index contributed by atoms with van der Waals surface area (Å²) in [6, 6.07) is 0.268. The predicted molar refractivity (Wildman–Crippen MR) is 111 cm³/mol. The van der Waals surface area contributed by atoms with Crippen molar-refractivity contribution >= 4 is 17.6 Å². The van der Waals surface area contributed by atoms with Crippen molar-refractivity contribution in [1.29, 1.82) is 0 Å². The SMILES string of the molecule is CC(C)n1cc(CN2CCC[C@@]3(CC(C(=O)NCCN4CCNC4=O)=NO3)C2)cn1. The summed E-state index contributed by atoms with van der Waals surface area (Å²) in [5, 5.41) is 14.2. The molecule has 0 bridgehead atoms. The topological polar surface area (TPSA) is 104 Å². The summed E-state index contributed by atoms with van der Waals surface area (Å²) in [4.78, 5) is 33.9. The Morgan fingerprint density at radius 3 is 3.00 bits per heavy atom. The molecule has 0 aromatic carbocycles. The van der Waals surface area contributed by atoms with Gasteiger partial charge in [-0.15, -0.1) is 0 Å². The first kappa shape index (κ1) is 20.6. The standard InChI is InChI=1S/C20H31N7O3/c1-15(2)27-13-16(11-23-27)12-25-7-3-4-20(14-25)10-17(24-30-20)18(28)21-5-8-26-9-6-22-19(26)29/h11,13,15H,3-10,12,14H2,1-2H3,(H,21,28)(H,22,29)/t20-/m1/s1. The number of likely N-dealkylation sites (tertiary alicyclic amines) is 1. The van der Waals surface area contributed by atoms with Crippen LogP contribution in [0.15, 0.2) is 17.5 Å². The van der Waals surface area contributed by atoms with Crippen LogP contribution >= 0.6 is 0 Å². The molecule has 4 rings (SSSR count). The molecule has 1 atom stereocenters. The van der Waals surface area contributed by atoms with Crippen molar-refractivity contribution in [3.8, 4) is 0 Å². The summed E-state index contributed by atoms with van der Waals surface area (Å²) in [6.07, 6.45) is 6.44.